The summed E-state index contributed by atoms with van der Waals surface area (Å²) in [6.45, 7) is 0.592. The molecular formula is C13H11Cl2NOS. The van der Waals surface area contributed by atoms with Crippen LogP contribution in [-0.2, 0) is 6.42 Å². The lowest BCUT2D eigenvalue weighted by molar-refractivity contribution is 0.0954. The average molecular weight is 300 g/mol. The summed E-state index contributed by atoms with van der Waals surface area (Å²) in [5.74, 6) is -0.174. The molecule has 94 valence electrons. The Bertz CT molecular complexity index is 540. The summed E-state index contributed by atoms with van der Waals surface area (Å²) in [6.07, 6.45) is 0.820. The van der Waals surface area contributed by atoms with Gasteiger partial charge in [-0.25, -0.2) is 0 Å². The van der Waals surface area contributed by atoms with Crippen molar-refractivity contribution in [3.63, 3.8) is 0 Å². The van der Waals surface area contributed by atoms with Crippen molar-refractivity contribution in [1.82, 2.24) is 5.32 Å². The summed E-state index contributed by atoms with van der Waals surface area (Å²) in [5, 5.41) is 7.82. The maximum atomic E-state index is 11.9. The molecule has 0 saturated heterocycles. The number of rotatable bonds is 4. The molecule has 2 rings (SSSR count). The van der Waals surface area contributed by atoms with Crippen LogP contribution < -0.4 is 5.32 Å². The van der Waals surface area contributed by atoms with E-state index in [1.165, 1.54) is 5.56 Å². The van der Waals surface area contributed by atoms with E-state index in [0.29, 0.717) is 22.2 Å². The second-order valence-corrected chi connectivity index (χ2v) is 5.39. The maximum Gasteiger partial charge on any atom is 0.252 e. The van der Waals surface area contributed by atoms with Crippen LogP contribution in [0.1, 0.15) is 15.9 Å². The second-order valence-electron chi connectivity index (χ2n) is 3.76. The van der Waals surface area contributed by atoms with Crippen molar-refractivity contribution in [3.8, 4) is 0 Å². The monoisotopic (exact) mass is 299 g/mol. The third kappa shape index (κ3) is 3.48. The Labute approximate surface area is 120 Å². The van der Waals surface area contributed by atoms with Gasteiger partial charge in [-0.15, -0.1) is 0 Å². The predicted molar refractivity (Wildman–Crippen MR) is 76.8 cm³/mol. The minimum Gasteiger partial charge on any atom is -0.352 e. The highest BCUT2D eigenvalue weighted by atomic mass is 35.5. The number of carbonyl (C=O) groups excluding carboxylic acids is 1. The third-order valence-electron chi connectivity index (χ3n) is 2.46. The molecule has 0 aliphatic rings. The van der Waals surface area contributed by atoms with Crippen LogP contribution in [0.4, 0.5) is 0 Å². The molecule has 0 atom stereocenters. The van der Waals surface area contributed by atoms with Crippen molar-refractivity contribution < 1.29 is 4.79 Å². The molecule has 0 radical (unpaired) electrons. The summed E-state index contributed by atoms with van der Waals surface area (Å²) in [4.78, 5) is 11.9. The zero-order valence-electron chi connectivity index (χ0n) is 9.45. The van der Waals surface area contributed by atoms with Crippen LogP contribution >= 0.6 is 34.5 Å². The number of benzene rings is 1. The van der Waals surface area contributed by atoms with E-state index in [4.69, 9.17) is 23.2 Å². The molecule has 2 nitrogen and oxygen atoms in total. The third-order valence-corrected chi connectivity index (χ3v) is 3.73. The van der Waals surface area contributed by atoms with Crippen LogP contribution in [-0.4, -0.2) is 12.5 Å². The van der Waals surface area contributed by atoms with Gasteiger partial charge in [0.1, 0.15) is 0 Å². The van der Waals surface area contributed by atoms with Gasteiger partial charge in [-0.3, -0.25) is 4.79 Å². The highest BCUT2D eigenvalue weighted by molar-refractivity contribution is 7.07. The van der Waals surface area contributed by atoms with Gasteiger partial charge in [0.2, 0.25) is 0 Å². The molecule has 1 heterocycles. The Hall–Kier alpha value is -1.03. The molecule has 5 heteroatoms. The fraction of sp³-hybridized carbons (Fsp3) is 0.154. The molecule has 0 fully saturated rings. The number of amides is 1. The lowest BCUT2D eigenvalue weighted by Crippen LogP contribution is -2.25. The van der Waals surface area contributed by atoms with E-state index in [1.807, 2.05) is 11.4 Å². The highest BCUT2D eigenvalue weighted by Gasteiger charge is 2.09. The van der Waals surface area contributed by atoms with Gasteiger partial charge >= 0.3 is 0 Å². The zero-order valence-corrected chi connectivity index (χ0v) is 11.8. The molecule has 0 aliphatic carbocycles. The highest BCUT2D eigenvalue weighted by Crippen LogP contribution is 2.20. The molecule has 0 spiro atoms. The summed E-state index contributed by atoms with van der Waals surface area (Å²) in [5.41, 5.74) is 1.67. The fourth-order valence-electron chi connectivity index (χ4n) is 1.52. The zero-order chi connectivity index (χ0) is 13.0. The molecular weight excluding hydrogens is 289 g/mol. The Balaban J connectivity index is 1.91. The van der Waals surface area contributed by atoms with Gasteiger partial charge in [0, 0.05) is 11.6 Å². The van der Waals surface area contributed by atoms with E-state index in [-0.39, 0.29) is 5.91 Å². The topological polar surface area (TPSA) is 29.1 Å². The smallest absolute Gasteiger partial charge is 0.252 e. The Kier molecular flexibility index (Phi) is 4.64. The first-order chi connectivity index (χ1) is 8.66. The lowest BCUT2D eigenvalue weighted by Gasteiger charge is -2.06. The lowest BCUT2D eigenvalue weighted by atomic mass is 10.2. The maximum absolute atomic E-state index is 11.9. The largest absolute Gasteiger partial charge is 0.352 e. The van der Waals surface area contributed by atoms with Crippen molar-refractivity contribution in [2.45, 2.75) is 6.42 Å². The van der Waals surface area contributed by atoms with E-state index < -0.39 is 0 Å². The standard InChI is InChI=1S/C13H11Cl2NOS/c14-10-1-2-11(12(15)7-10)13(17)16-5-3-9-4-6-18-8-9/h1-2,4,6-8H,3,5H2,(H,16,17). The Morgan fingerprint density at radius 1 is 1.28 bits per heavy atom. The van der Waals surface area contributed by atoms with Gasteiger partial charge in [0.15, 0.2) is 0 Å². The van der Waals surface area contributed by atoms with Crippen molar-refractivity contribution in [2.75, 3.05) is 6.54 Å². The van der Waals surface area contributed by atoms with Gasteiger partial charge in [-0.05, 0) is 47.0 Å². The minimum atomic E-state index is -0.174. The molecule has 18 heavy (non-hydrogen) atoms. The molecule has 1 N–H and O–H groups in total. The molecule has 2 aromatic rings. The Morgan fingerprint density at radius 2 is 2.11 bits per heavy atom. The van der Waals surface area contributed by atoms with E-state index in [2.05, 4.69) is 10.7 Å². The van der Waals surface area contributed by atoms with E-state index in [9.17, 15) is 4.79 Å². The van der Waals surface area contributed by atoms with Crippen LogP contribution in [0, 0.1) is 0 Å². The van der Waals surface area contributed by atoms with Crippen molar-refractivity contribution in [1.29, 1.82) is 0 Å². The number of halogens is 2. The minimum absolute atomic E-state index is 0.174. The molecule has 1 aromatic carbocycles. The summed E-state index contributed by atoms with van der Waals surface area (Å²) >= 11 is 13.4. The summed E-state index contributed by atoms with van der Waals surface area (Å²) in [7, 11) is 0. The normalized spacial score (nSPS) is 10.3. The first kappa shape index (κ1) is 13.4. The van der Waals surface area contributed by atoms with Crippen LogP contribution in [0.2, 0.25) is 10.0 Å². The number of hydrogen-bond donors (Lipinski definition) is 1. The average Bonchev–Trinajstić information content (AvgIpc) is 2.81. The number of hydrogen-bond acceptors (Lipinski definition) is 2. The quantitative estimate of drug-likeness (QED) is 0.907. The van der Waals surface area contributed by atoms with Gasteiger partial charge in [0.05, 0.1) is 10.6 Å². The van der Waals surface area contributed by atoms with Crippen LogP contribution in [0.25, 0.3) is 0 Å². The van der Waals surface area contributed by atoms with E-state index in [0.717, 1.165) is 6.42 Å². The van der Waals surface area contributed by atoms with Crippen molar-refractivity contribution >= 4 is 40.4 Å². The molecule has 0 saturated carbocycles. The van der Waals surface area contributed by atoms with Crippen molar-refractivity contribution in [3.05, 3.63) is 56.2 Å². The SMILES string of the molecule is O=C(NCCc1ccsc1)c1ccc(Cl)cc1Cl. The molecule has 1 aromatic heterocycles. The molecule has 1 amide bonds. The first-order valence-corrected chi connectivity index (χ1v) is 7.11. The summed E-state index contributed by atoms with van der Waals surface area (Å²) < 4.78 is 0. The molecule has 0 bridgehead atoms. The van der Waals surface area contributed by atoms with Gasteiger partial charge in [0.25, 0.3) is 5.91 Å². The van der Waals surface area contributed by atoms with Crippen molar-refractivity contribution in [2.24, 2.45) is 0 Å². The number of thiophene rings is 1. The van der Waals surface area contributed by atoms with Gasteiger partial charge in [-0.1, -0.05) is 23.2 Å². The van der Waals surface area contributed by atoms with Gasteiger partial charge < -0.3 is 5.32 Å². The van der Waals surface area contributed by atoms with Crippen LogP contribution in [0.5, 0.6) is 0 Å². The predicted octanol–water partition coefficient (Wildman–Crippen LogP) is 4.03. The van der Waals surface area contributed by atoms with E-state index in [1.54, 1.807) is 29.5 Å². The van der Waals surface area contributed by atoms with Crippen LogP contribution in [0.3, 0.4) is 0 Å². The Morgan fingerprint density at radius 3 is 2.78 bits per heavy atom. The number of carbonyl (C=O) groups is 1. The van der Waals surface area contributed by atoms with E-state index >= 15 is 0 Å². The second kappa shape index (κ2) is 6.23. The van der Waals surface area contributed by atoms with Gasteiger partial charge in [-0.2, -0.15) is 11.3 Å². The first-order valence-electron chi connectivity index (χ1n) is 5.41. The summed E-state index contributed by atoms with van der Waals surface area (Å²) in [6, 6.07) is 6.90. The van der Waals surface area contributed by atoms with Crippen LogP contribution in [0.15, 0.2) is 35.0 Å². The molecule has 0 unspecified atom stereocenters. The fourth-order valence-corrected chi connectivity index (χ4v) is 2.72. The number of nitrogens with one attached hydrogen (secondary N) is 1. The molecule has 0 aliphatic heterocycles.